The van der Waals surface area contributed by atoms with Crippen LogP contribution in [0.2, 0.25) is 0 Å². The summed E-state index contributed by atoms with van der Waals surface area (Å²) in [5.41, 5.74) is 8.92. The van der Waals surface area contributed by atoms with Crippen LogP contribution in [-0.4, -0.2) is 52.1 Å². The average molecular weight is 547 g/mol. The van der Waals surface area contributed by atoms with E-state index in [1.165, 1.54) is 17.5 Å². The number of nitrogens with zero attached hydrogens (tertiary/aromatic N) is 1. The molecule has 202 valence electrons. The molecule has 0 fully saturated rings. The highest BCUT2D eigenvalue weighted by atomic mass is 32.1. The lowest BCUT2D eigenvalue weighted by atomic mass is 10.0. The Morgan fingerprint density at radius 3 is 2.44 bits per heavy atom. The summed E-state index contributed by atoms with van der Waals surface area (Å²) in [6.07, 6.45) is 4.04. The van der Waals surface area contributed by atoms with Crippen LogP contribution >= 0.6 is 11.3 Å². The third-order valence-electron chi connectivity index (χ3n) is 6.21. The third-order valence-corrected chi connectivity index (χ3v) is 7.00. The van der Waals surface area contributed by atoms with Gasteiger partial charge in [0.25, 0.3) is 0 Å². The smallest absolute Gasteiger partial charge is 0.243 e. The molecule has 6 N–H and O–H groups in total. The maximum absolute atomic E-state index is 13.2. The van der Waals surface area contributed by atoms with E-state index < -0.39 is 23.9 Å². The van der Waals surface area contributed by atoms with Crippen molar-refractivity contribution in [3.8, 4) is 0 Å². The maximum Gasteiger partial charge on any atom is 0.243 e. The van der Waals surface area contributed by atoms with Crippen molar-refractivity contribution in [2.75, 3.05) is 12.3 Å². The summed E-state index contributed by atoms with van der Waals surface area (Å²) in [6, 6.07) is 12.9. The molecule has 0 bridgehead atoms. The maximum atomic E-state index is 13.2. The van der Waals surface area contributed by atoms with Crippen LogP contribution in [0.1, 0.15) is 34.3 Å². The molecule has 11 heteroatoms. The van der Waals surface area contributed by atoms with E-state index in [-0.39, 0.29) is 42.5 Å². The monoisotopic (exact) mass is 546 g/mol. The topological polar surface area (TPSA) is 159 Å². The van der Waals surface area contributed by atoms with E-state index in [0.717, 1.165) is 22.0 Å². The molecule has 2 heterocycles. The highest BCUT2D eigenvalue weighted by molar-refractivity contribution is 7.11. The second-order valence-electron chi connectivity index (χ2n) is 9.02. The SMILES string of the molecule is CCC(=O)NC(Cc1ccc(N)cc1)C(=O)NCC(=O)NC(Cc1c[nH]c2ccccc12)C(=O)c1nccs1. The normalized spacial score (nSPS) is 12.4. The molecule has 10 nitrogen and oxygen atoms in total. The van der Waals surface area contributed by atoms with E-state index in [0.29, 0.717) is 5.69 Å². The van der Waals surface area contributed by atoms with E-state index >= 15 is 0 Å². The Bertz CT molecular complexity index is 1450. The zero-order chi connectivity index (χ0) is 27.8. The number of anilines is 1. The molecule has 0 spiro atoms. The first kappa shape index (κ1) is 27.5. The summed E-state index contributed by atoms with van der Waals surface area (Å²) < 4.78 is 0. The number of Topliss-reactive ketones (excluding diaryl/α,β-unsaturated/α-hetero) is 1. The van der Waals surface area contributed by atoms with Crippen molar-refractivity contribution < 1.29 is 19.2 Å². The van der Waals surface area contributed by atoms with Gasteiger partial charge >= 0.3 is 0 Å². The van der Waals surface area contributed by atoms with Crippen LogP contribution in [0.25, 0.3) is 10.9 Å². The van der Waals surface area contributed by atoms with Crippen LogP contribution in [0.3, 0.4) is 0 Å². The molecule has 0 aliphatic heterocycles. The van der Waals surface area contributed by atoms with Crippen molar-refractivity contribution in [1.82, 2.24) is 25.9 Å². The minimum atomic E-state index is -0.884. The molecule has 2 aromatic heterocycles. The van der Waals surface area contributed by atoms with Gasteiger partial charge in [-0.3, -0.25) is 19.2 Å². The lowest BCUT2D eigenvalue weighted by Crippen LogP contribution is -2.51. The van der Waals surface area contributed by atoms with Gasteiger partial charge in [0.15, 0.2) is 5.01 Å². The number of nitrogens with two attached hydrogens (primary N) is 1. The molecular formula is C28H30N6O4S. The number of aromatic amines is 1. The van der Waals surface area contributed by atoms with Crippen LogP contribution in [0, 0.1) is 0 Å². The van der Waals surface area contributed by atoms with Gasteiger partial charge in [-0.2, -0.15) is 0 Å². The molecule has 39 heavy (non-hydrogen) atoms. The Morgan fingerprint density at radius 1 is 0.974 bits per heavy atom. The van der Waals surface area contributed by atoms with Crippen molar-refractivity contribution in [1.29, 1.82) is 0 Å². The molecular weight excluding hydrogens is 516 g/mol. The third kappa shape index (κ3) is 7.29. The summed E-state index contributed by atoms with van der Waals surface area (Å²) in [6.45, 7) is 1.32. The summed E-state index contributed by atoms with van der Waals surface area (Å²) in [5.74, 6) is -1.65. The second kappa shape index (κ2) is 12.8. The van der Waals surface area contributed by atoms with Gasteiger partial charge in [0.2, 0.25) is 23.5 Å². The largest absolute Gasteiger partial charge is 0.399 e. The highest BCUT2D eigenvalue weighted by Gasteiger charge is 2.27. The summed E-state index contributed by atoms with van der Waals surface area (Å²) in [5, 5.41) is 11.0. The molecule has 0 aliphatic rings. The van der Waals surface area contributed by atoms with Crippen LogP contribution in [0.5, 0.6) is 0 Å². The predicted octanol–water partition coefficient (Wildman–Crippen LogP) is 2.37. The number of thiazole rings is 1. The Hall–Kier alpha value is -4.51. The van der Waals surface area contributed by atoms with Gasteiger partial charge in [-0.1, -0.05) is 37.3 Å². The molecule has 0 aliphatic carbocycles. The van der Waals surface area contributed by atoms with Gasteiger partial charge in [0.05, 0.1) is 12.6 Å². The Labute approximate surface area is 229 Å². The lowest BCUT2D eigenvalue weighted by Gasteiger charge is -2.20. The standard InChI is InChI=1S/C28H30N6O4S/c1-2-24(35)34-23(13-17-7-9-19(29)10-8-17)27(38)32-16-25(36)33-22(26(37)28-30-11-12-39-28)14-18-15-31-21-6-4-3-5-20(18)21/h3-12,15,22-23,31H,2,13-14,16,29H2,1H3,(H,32,38)(H,33,36)(H,34,35). The van der Waals surface area contributed by atoms with Gasteiger partial charge in [-0.15, -0.1) is 11.3 Å². The number of nitrogens with one attached hydrogen (secondary N) is 4. The van der Waals surface area contributed by atoms with Gasteiger partial charge < -0.3 is 26.7 Å². The minimum Gasteiger partial charge on any atom is -0.399 e. The number of fused-ring (bicyclic) bond motifs is 1. The number of amides is 3. The van der Waals surface area contributed by atoms with E-state index in [9.17, 15) is 19.2 Å². The van der Waals surface area contributed by atoms with Gasteiger partial charge in [-0.05, 0) is 29.3 Å². The Balaban J connectivity index is 1.43. The quantitative estimate of drug-likeness (QED) is 0.136. The summed E-state index contributed by atoms with van der Waals surface area (Å²) >= 11 is 1.20. The fourth-order valence-corrected chi connectivity index (χ4v) is 4.79. The first-order valence-corrected chi connectivity index (χ1v) is 13.4. The van der Waals surface area contributed by atoms with Crippen molar-refractivity contribution in [3.05, 3.63) is 82.4 Å². The zero-order valence-corrected chi connectivity index (χ0v) is 22.2. The van der Waals surface area contributed by atoms with Crippen molar-refractivity contribution >= 4 is 51.4 Å². The first-order valence-electron chi connectivity index (χ1n) is 12.5. The summed E-state index contributed by atoms with van der Waals surface area (Å²) in [7, 11) is 0. The van der Waals surface area contributed by atoms with Gasteiger partial charge in [0.1, 0.15) is 6.04 Å². The van der Waals surface area contributed by atoms with E-state index in [1.54, 1.807) is 36.6 Å². The lowest BCUT2D eigenvalue weighted by molar-refractivity contribution is -0.130. The number of hydrogen-bond acceptors (Lipinski definition) is 7. The number of aromatic nitrogens is 2. The zero-order valence-electron chi connectivity index (χ0n) is 21.4. The van der Waals surface area contributed by atoms with Crippen molar-refractivity contribution in [2.45, 2.75) is 38.3 Å². The molecule has 3 amide bonds. The number of carbonyl (C=O) groups excluding carboxylic acids is 4. The van der Waals surface area contributed by atoms with Crippen LogP contribution < -0.4 is 21.7 Å². The van der Waals surface area contributed by atoms with E-state index in [1.807, 2.05) is 30.5 Å². The number of benzene rings is 2. The molecule has 0 radical (unpaired) electrons. The number of carbonyl (C=O) groups is 4. The molecule has 2 aromatic carbocycles. The highest BCUT2D eigenvalue weighted by Crippen LogP contribution is 2.20. The number of para-hydroxylation sites is 1. The summed E-state index contributed by atoms with van der Waals surface area (Å²) in [4.78, 5) is 58.4. The number of ketones is 1. The van der Waals surface area contributed by atoms with E-state index in [2.05, 4.69) is 25.9 Å². The number of rotatable bonds is 12. The van der Waals surface area contributed by atoms with Crippen molar-refractivity contribution in [3.63, 3.8) is 0 Å². The predicted molar refractivity (Wildman–Crippen MR) is 150 cm³/mol. The molecule has 0 saturated heterocycles. The Kier molecular flexibility index (Phi) is 9.06. The average Bonchev–Trinajstić information content (AvgIpc) is 3.62. The molecule has 0 saturated carbocycles. The molecule has 4 rings (SSSR count). The van der Waals surface area contributed by atoms with E-state index in [4.69, 9.17) is 5.73 Å². The minimum absolute atomic E-state index is 0.209. The van der Waals surface area contributed by atoms with Crippen LogP contribution in [0.15, 0.2) is 66.3 Å². The number of hydrogen-bond donors (Lipinski definition) is 5. The van der Waals surface area contributed by atoms with Gasteiger partial charge in [0, 0.05) is 53.6 Å². The fourth-order valence-electron chi connectivity index (χ4n) is 4.15. The van der Waals surface area contributed by atoms with Crippen molar-refractivity contribution in [2.24, 2.45) is 0 Å². The molecule has 4 aromatic rings. The second-order valence-corrected chi connectivity index (χ2v) is 9.92. The van der Waals surface area contributed by atoms with Gasteiger partial charge in [-0.25, -0.2) is 4.98 Å². The Morgan fingerprint density at radius 2 is 1.72 bits per heavy atom. The first-order chi connectivity index (χ1) is 18.8. The number of H-pyrrole nitrogens is 1. The van der Waals surface area contributed by atoms with Crippen LogP contribution in [0.4, 0.5) is 5.69 Å². The number of nitrogen functional groups attached to an aromatic ring is 1. The molecule has 2 unspecified atom stereocenters. The molecule has 2 atom stereocenters. The fraction of sp³-hybridized carbons (Fsp3) is 0.250. The van der Waals surface area contributed by atoms with Crippen LogP contribution in [-0.2, 0) is 27.2 Å².